The summed E-state index contributed by atoms with van der Waals surface area (Å²) in [7, 11) is 0. The van der Waals surface area contributed by atoms with E-state index in [4.69, 9.17) is 0 Å². The van der Waals surface area contributed by atoms with Gasteiger partial charge in [-0.3, -0.25) is 4.98 Å². The monoisotopic (exact) mass is 328 g/mol. The molecule has 0 bridgehead atoms. The van der Waals surface area contributed by atoms with E-state index in [1.807, 2.05) is 37.5 Å². The highest BCUT2D eigenvalue weighted by molar-refractivity contribution is 5.86. The third-order valence-electron chi connectivity index (χ3n) is 4.45. The van der Waals surface area contributed by atoms with E-state index < -0.39 is 0 Å². The molecule has 0 aliphatic carbocycles. The summed E-state index contributed by atoms with van der Waals surface area (Å²) in [6, 6.07) is 18.5. The van der Waals surface area contributed by atoms with Gasteiger partial charge in [0.1, 0.15) is 5.82 Å². The van der Waals surface area contributed by atoms with Gasteiger partial charge in [0.05, 0.1) is 6.04 Å². The topological polar surface area (TPSA) is 53.6 Å². The van der Waals surface area contributed by atoms with Crippen LogP contribution in [0.5, 0.6) is 0 Å². The fraction of sp³-hybridized carbons (Fsp3) is 0.143. The van der Waals surface area contributed by atoms with Gasteiger partial charge in [0.2, 0.25) is 0 Å². The lowest BCUT2D eigenvalue weighted by Gasteiger charge is -2.21. The van der Waals surface area contributed by atoms with E-state index in [2.05, 4.69) is 63.6 Å². The van der Waals surface area contributed by atoms with Crippen molar-refractivity contribution in [3.05, 3.63) is 89.5 Å². The maximum atomic E-state index is 4.62. The van der Waals surface area contributed by atoms with E-state index in [1.54, 1.807) is 0 Å². The molecule has 0 radical (unpaired) electrons. The first kappa shape index (κ1) is 15.4. The van der Waals surface area contributed by atoms with Crippen LogP contribution >= 0.6 is 0 Å². The quantitative estimate of drug-likeness (QED) is 0.567. The van der Waals surface area contributed by atoms with Crippen LogP contribution in [0.3, 0.4) is 0 Å². The van der Waals surface area contributed by atoms with Crippen molar-refractivity contribution >= 4 is 16.7 Å². The number of aromatic amines is 1. The number of aryl methyl sites for hydroxylation is 2. The van der Waals surface area contributed by atoms with Gasteiger partial charge in [-0.05, 0) is 49.7 Å². The smallest absolute Gasteiger partial charge is 0.126 e. The van der Waals surface area contributed by atoms with Gasteiger partial charge < -0.3 is 10.3 Å². The largest absolute Gasteiger partial charge is 0.359 e. The van der Waals surface area contributed by atoms with E-state index in [1.165, 1.54) is 10.9 Å². The summed E-state index contributed by atoms with van der Waals surface area (Å²) in [6.45, 7) is 4.12. The minimum atomic E-state index is -0.00606. The van der Waals surface area contributed by atoms with Crippen LogP contribution in [0.2, 0.25) is 0 Å². The number of benzene rings is 1. The first-order valence-electron chi connectivity index (χ1n) is 8.40. The van der Waals surface area contributed by atoms with Gasteiger partial charge in [-0.15, -0.1) is 0 Å². The zero-order chi connectivity index (χ0) is 17.2. The Morgan fingerprint density at radius 3 is 2.52 bits per heavy atom. The average molecular weight is 328 g/mol. The van der Waals surface area contributed by atoms with Gasteiger partial charge in [0, 0.05) is 40.2 Å². The molecule has 0 saturated carbocycles. The Balaban J connectivity index is 1.87. The lowest BCUT2D eigenvalue weighted by Crippen LogP contribution is -2.14. The molecule has 1 atom stereocenters. The van der Waals surface area contributed by atoms with Gasteiger partial charge >= 0.3 is 0 Å². The third kappa shape index (κ3) is 2.98. The normalized spacial score (nSPS) is 12.2. The van der Waals surface area contributed by atoms with Crippen LogP contribution in [0.4, 0.5) is 5.82 Å². The number of aromatic nitrogens is 3. The number of pyridine rings is 2. The number of rotatable bonds is 4. The van der Waals surface area contributed by atoms with Crippen LogP contribution in [0.15, 0.2) is 67.0 Å². The van der Waals surface area contributed by atoms with Crippen molar-refractivity contribution in [2.24, 2.45) is 0 Å². The second-order valence-corrected chi connectivity index (χ2v) is 6.23. The summed E-state index contributed by atoms with van der Waals surface area (Å²) >= 11 is 0. The first-order chi connectivity index (χ1) is 12.2. The van der Waals surface area contributed by atoms with Crippen molar-refractivity contribution < 1.29 is 0 Å². The van der Waals surface area contributed by atoms with Crippen molar-refractivity contribution in [3.8, 4) is 0 Å². The Morgan fingerprint density at radius 2 is 1.72 bits per heavy atom. The molecule has 0 spiro atoms. The summed E-state index contributed by atoms with van der Waals surface area (Å²) in [5.74, 6) is 0.867. The molecule has 3 aromatic heterocycles. The second kappa shape index (κ2) is 6.40. The van der Waals surface area contributed by atoms with Crippen LogP contribution in [0.1, 0.15) is 28.6 Å². The standard InChI is InChI=1S/C21H20N4/c1-14-6-5-9-19(23-14)25-21(16-10-12-22-13-11-16)20-15(2)24-18-8-4-3-7-17(18)20/h3-13,21,24H,1-2H3,(H,23,25)/t21-/m0/s1. The molecule has 0 aliphatic heterocycles. The molecule has 0 saturated heterocycles. The highest BCUT2D eigenvalue weighted by atomic mass is 15.0. The molecule has 0 unspecified atom stereocenters. The second-order valence-electron chi connectivity index (χ2n) is 6.23. The molecule has 4 heteroatoms. The average Bonchev–Trinajstić information content (AvgIpc) is 2.96. The third-order valence-corrected chi connectivity index (χ3v) is 4.45. The number of hydrogen-bond donors (Lipinski definition) is 2. The Morgan fingerprint density at radius 1 is 0.920 bits per heavy atom. The van der Waals surface area contributed by atoms with Crippen LogP contribution in [0.25, 0.3) is 10.9 Å². The summed E-state index contributed by atoms with van der Waals surface area (Å²) in [4.78, 5) is 12.3. The number of fused-ring (bicyclic) bond motifs is 1. The summed E-state index contributed by atoms with van der Waals surface area (Å²) in [6.07, 6.45) is 3.66. The highest BCUT2D eigenvalue weighted by Crippen LogP contribution is 2.34. The summed E-state index contributed by atoms with van der Waals surface area (Å²) in [5, 5.41) is 4.84. The molecular formula is C21H20N4. The van der Waals surface area contributed by atoms with Crippen molar-refractivity contribution in [1.29, 1.82) is 0 Å². The van der Waals surface area contributed by atoms with Crippen molar-refractivity contribution in [3.63, 3.8) is 0 Å². The predicted octanol–water partition coefficient (Wildman–Crippen LogP) is 4.78. The molecule has 2 N–H and O–H groups in total. The van der Waals surface area contributed by atoms with Gasteiger partial charge in [-0.25, -0.2) is 4.98 Å². The zero-order valence-corrected chi connectivity index (χ0v) is 14.3. The molecule has 3 heterocycles. The van der Waals surface area contributed by atoms with Crippen LogP contribution in [0, 0.1) is 13.8 Å². The SMILES string of the molecule is Cc1cccc(N[C@@H](c2ccncc2)c2c(C)[nH]c3ccccc23)n1. The number of H-pyrrole nitrogens is 1. The lowest BCUT2D eigenvalue weighted by molar-refractivity contribution is 0.914. The molecular weight excluding hydrogens is 308 g/mol. The van der Waals surface area contributed by atoms with Gasteiger partial charge in [0.15, 0.2) is 0 Å². The maximum Gasteiger partial charge on any atom is 0.126 e. The fourth-order valence-electron chi connectivity index (χ4n) is 3.32. The Kier molecular flexibility index (Phi) is 3.94. The van der Waals surface area contributed by atoms with E-state index in [9.17, 15) is 0 Å². The van der Waals surface area contributed by atoms with Crippen molar-refractivity contribution in [2.45, 2.75) is 19.9 Å². The number of para-hydroxylation sites is 1. The van der Waals surface area contributed by atoms with Gasteiger partial charge in [-0.2, -0.15) is 0 Å². The van der Waals surface area contributed by atoms with E-state index >= 15 is 0 Å². The molecule has 1 aromatic carbocycles. The number of nitrogens with one attached hydrogen (secondary N) is 2. The van der Waals surface area contributed by atoms with Crippen molar-refractivity contribution in [2.75, 3.05) is 5.32 Å². The molecule has 0 fully saturated rings. The maximum absolute atomic E-state index is 4.62. The van der Waals surface area contributed by atoms with E-state index in [0.717, 1.165) is 28.3 Å². The Labute approximate surface area is 147 Å². The molecule has 4 nitrogen and oxygen atoms in total. The molecule has 4 rings (SSSR count). The lowest BCUT2D eigenvalue weighted by atomic mass is 9.96. The zero-order valence-electron chi connectivity index (χ0n) is 14.3. The number of anilines is 1. The molecule has 0 amide bonds. The summed E-state index contributed by atoms with van der Waals surface area (Å²) < 4.78 is 0. The predicted molar refractivity (Wildman–Crippen MR) is 102 cm³/mol. The molecule has 4 aromatic rings. The Bertz CT molecular complexity index is 1000. The van der Waals surface area contributed by atoms with Gasteiger partial charge in [0.25, 0.3) is 0 Å². The number of hydrogen-bond acceptors (Lipinski definition) is 3. The first-order valence-corrected chi connectivity index (χ1v) is 8.40. The molecule has 124 valence electrons. The van der Waals surface area contributed by atoms with E-state index in [0.29, 0.717) is 0 Å². The molecule has 25 heavy (non-hydrogen) atoms. The van der Waals surface area contributed by atoms with Crippen LogP contribution < -0.4 is 5.32 Å². The van der Waals surface area contributed by atoms with Crippen LogP contribution in [-0.2, 0) is 0 Å². The van der Waals surface area contributed by atoms with Crippen molar-refractivity contribution in [1.82, 2.24) is 15.0 Å². The summed E-state index contributed by atoms with van der Waals surface area (Å²) in [5.41, 5.74) is 5.70. The fourth-order valence-corrected chi connectivity index (χ4v) is 3.32. The van der Waals surface area contributed by atoms with Gasteiger partial charge in [-0.1, -0.05) is 24.3 Å². The van der Waals surface area contributed by atoms with Crippen LogP contribution in [-0.4, -0.2) is 15.0 Å². The number of nitrogens with zero attached hydrogens (tertiary/aromatic N) is 2. The highest BCUT2D eigenvalue weighted by Gasteiger charge is 2.21. The molecule has 0 aliphatic rings. The van der Waals surface area contributed by atoms with E-state index in [-0.39, 0.29) is 6.04 Å². The Hall–Kier alpha value is -3.14. The minimum absolute atomic E-state index is 0.00606. The minimum Gasteiger partial charge on any atom is -0.359 e.